The number of carbonyl (C=O) groups is 2. The van der Waals surface area contributed by atoms with Crippen molar-refractivity contribution in [1.82, 2.24) is 4.90 Å². The van der Waals surface area contributed by atoms with E-state index in [9.17, 15) is 22.8 Å². The van der Waals surface area contributed by atoms with Gasteiger partial charge in [-0.25, -0.2) is 0 Å². The summed E-state index contributed by atoms with van der Waals surface area (Å²) in [4.78, 5) is 24.3. The lowest BCUT2D eigenvalue weighted by molar-refractivity contribution is -0.227. The van der Waals surface area contributed by atoms with Crippen LogP contribution in [0.15, 0.2) is 24.3 Å². The Balaban J connectivity index is 2.14. The number of ether oxygens (including phenoxy) is 1. The molecule has 2 rings (SSSR count). The molecule has 1 saturated heterocycles. The van der Waals surface area contributed by atoms with Gasteiger partial charge >= 0.3 is 12.1 Å². The fourth-order valence-electron chi connectivity index (χ4n) is 2.51. The molecule has 1 atom stereocenters. The summed E-state index contributed by atoms with van der Waals surface area (Å²) in [5, 5.41) is 9.00. The standard InChI is InChI=1S/C16H14F3NO4/c1-2-9-24-12-5-3-11(4-6-12)13(21)20-8-7-15(10-20,14(22)23)16(17,18)19/h1,3-6H,7-10H2,(H,22,23). The van der Waals surface area contributed by atoms with Crippen LogP contribution in [0.5, 0.6) is 5.75 Å². The molecule has 1 amide bonds. The van der Waals surface area contributed by atoms with E-state index in [1.165, 1.54) is 24.3 Å². The number of halogens is 3. The molecule has 1 aliphatic rings. The van der Waals surface area contributed by atoms with Crippen molar-refractivity contribution in [2.45, 2.75) is 12.6 Å². The molecule has 128 valence electrons. The second-order valence-corrected chi connectivity index (χ2v) is 5.38. The number of terminal acetylenes is 1. The average Bonchev–Trinajstić information content (AvgIpc) is 2.99. The molecule has 0 radical (unpaired) electrons. The fourth-order valence-corrected chi connectivity index (χ4v) is 2.51. The summed E-state index contributed by atoms with van der Waals surface area (Å²) in [5.41, 5.74) is -2.77. The SMILES string of the molecule is C#CCOc1ccc(C(=O)N2CCC(C(=O)O)(C(F)(F)F)C2)cc1. The Morgan fingerprint density at radius 1 is 1.33 bits per heavy atom. The van der Waals surface area contributed by atoms with Gasteiger partial charge < -0.3 is 14.7 Å². The molecule has 0 aromatic heterocycles. The number of rotatable bonds is 4. The summed E-state index contributed by atoms with van der Waals surface area (Å²) in [6, 6.07) is 5.72. The van der Waals surface area contributed by atoms with Gasteiger partial charge in [-0.1, -0.05) is 5.92 Å². The monoisotopic (exact) mass is 341 g/mol. The van der Waals surface area contributed by atoms with Crippen LogP contribution in [-0.4, -0.2) is 47.8 Å². The second-order valence-electron chi connectivity index (χ2n) is 5.38. The highest BCUT2D eigenvalue weighted by molar-refractivity contribution is 5.95. The predicted octanol–water partition coefficient (Wildman–Crippen LogP) is 2.18. The second kappa shape index (κ2) is 6.43. The van der Waals surface area contributed by atoms with E-state index in [1.807, 2.05) is 0 Å². The molecule has 0 saturated carbocycles. The lowest BCUT2D eigenvalue weighted by Gasteiger charge is -2.27. The number of carbonyl (C=O) groups excluding carboxylic acids is 1. The molecule has 1 fully saturated rings. The summed E-state index contributed by atoms with van der Waals surface area (Å²) >= 11 is 0. The van der Waals surface area contributed by atoms with Crippen LogP contribution in [0.25, 0.3) is 0 Å². The minimum atomic E-state index is -4.93. The highest BCUT2D eigenvalue weighted by atomic mass is 19.4. The van der Waals surface area contributed by atoms with E-state index in [-0.39, 0.29) is 18.7 Å². The van der Waals surface area contributed by atoms with Gasteiger partial charge in [0.1, 0.15) is 12.4 Å². The average molecular weight is 341 g/mol. The van der Waals surface area contributed by atoms with Gasteiger partial charge in [-0.3, -0.25) is 9.59 Å². The quantitative estimate of drug-likeness (QED) is 0.853. The van der Waals surface area contributed by atoms with Crippen LogP contribution in [0.4, 0.5) is 13.2 Å². The maximum absolute atomic E-state index is 13.1. The molecule has 1 heterocycles. The molecule has 1 aliphatic heterocycles. The van der Waals surface area contributed by atoms with Crippen molar-refractivity contribution in [3.63, 3.8) is 0 Å². The lowest BCUT2D eigenvalue weighted by Crippen LogP contribution is -2.47. The molecule has 1 unspecified atom stereocenters. The molecule has 1 aromatic carbocycles. The van der Waals surface area contributed by atoms with Gasteiger partial charge in [0.2, 0.25) is 0 Å². The third-order valence-electron chi connectivity index (χ3n) is 3.93. The Morgan fingerprint density at radius 2 is 1.96 bits per heavy atom. The number of hydrogen-bond donors (Lipinski definition) is 1. The summed E-state index contributed by atoms with van der Waals surface area (Å²) < 4.78 is 44.5. The van der Waals surface area contributed by atoms with Crippen molar-refractivity contribution in [3.8, 4) is 18.1 Å². The zero-order chi connectivity index (χ0) is 18.0. The van der Waals surface area contributed by atoms with Gasteiger partial charge in [0.15, 0.2) is 5.41 Å². The summed E-state index contributed by atoms with van der Waals surface area (Å²) in [6.45, 7) is -1.13. The highest BCUT2D eigenvalue weighted by Crippen LogP contribution is 2.46. The van der Waals surface area contributed by atoms with Gasteiger partial charge in [-0.2, -0.15) is 13.2 Å². The van der Waals surface area contributed by atoms with Crippen molar-refractivity contribution in [2.75, 3.05) is 19.7 Å². The number of carboxylic acid groups (broad SMARTS) is 1. The Labute approximate surface area is 136 Å². The topological polar surface area (TPSA) is 66.8 Å². The van der Waals surface area contributed by atoms with Gasteiger partial charge in [0.05, 0.1) is 0 Å². The molecule has 0 bridgehead atoms. The van der Waals surface area contributed by atoms with Gasteiger partial charge in [0, 0.05) is 18.7 Å². The van der Waals surface area contributed by atoms with Gasteiger partial charge in [0.25, 0.3) is 5.91 Å². The molecule has 8 heteroatoms. The maximum atomic E-state index is 13.1. The van der Waals surface area contributed by atoms with Crippen LogP contribution >= 0.6 is 0 Å². The molecule has 24 heavy (non-hydrogen) atoms. The van der Waals surface area contributed by atoms with Crippen LogP contribution in [0.1, 0.15) is 16.8 Å². The van der Waals surface area contributed by atoms with Crippen molar-refractivity contribution < 1.29 is 32.6 Å². The Morgan fingerprint density at radius 3 is 2.42 bits per heavy atom. The van der Waals surface area contributed by atoms with E-state index in [2.05, 4.69) is 5.92 Å². The molecular weight excluding hydrogens is 327 g/mol. The first-order valence-electron chi connectivity index (χ1n) is 6.97. The summed E-state index contributed by atoms with van der Waals surface area (Å²) in [6.07, 6.45) is -0.549. The number of likely N-dealkylation sites (tertiary alicyclic amines) is 1. The van der Waals surface area contributed by atoms with Crippen molar-refractivity contribution >= 4 is 11.9 Å². The van der Waals surface area contributed by atoms with E-state index in [0.29, 0.717) is 5.75 Å². The predicted molar refractivity (Wildman–Crippen MR) is 77.4 cm³/mol. The van der Waals surface area contributed by atoms with Crippen molar-refractivity contribution in [1.29, 1.82) is 0 Å². The molecule has 0 spiro atoms. The number of aliphatic carboxylic acids is 1. The number of carboxylic acids is 1. The normalized spacial score (nSPS) is 20.5. The number of hydrogen-bond acceptors (Lipinski definition) is 3. The first kappa shape index (κ1) is 17.7. The zero-order valence-corrected chi connectivity index (χ0v) is 12.5. The minimum Gasteiger partial charge on any atom is -0.481 e. The number of alkyl halides is 3. The van der Waals surface area contributed by atoms with E-state index < -0.39 is 36.4 Å². The molecule has 1 N–H and O–H groups in total. The van der Waals surface area contributed by atoms with Crippen molar-refractivity contribution in [2.24, 2.45) is 5.41 Å². The third kappa shape index (κ3) is 3.15. The first-order valence-corrected chi connectivity index (χ1v) is 6.97. The Hall–Kier alpha value is -2.69. The first-order chi connectivity index (χ1) is 11.2. The van der Waals surface area contributed by atoms with Crippen LogP contribution in [-0.2, 0) is 4.79 Å². The Kier molecular flexibility index (Phi) is 4.73. The number of nitrogens with zero attached hydrogens (tertiary/aromatic N) is 1. The Bertz CT molecular complexity index is 678. The molecule has 1 aromatic rings. The highest BCUT2D eigenvalue weighted by Gasteiger charge is 2.64. The summed E-state index contributed by atoms with van der Waals surface area (Å²) in [5.74, 6) is 0.0598. The van der Waals surface area contributed by atoms with Crippen LogP contribution in [0.2, 0.25) is 0 Å². The fraction of sp³-hybridized carbons (Fsp3) is 0.375. The lowest BCUT2D eigenvalue weighted by atomic mass is 9.86. The molecule has 0 aliphatic carbocycles. The van der Waals surface area contributed by atoms with Gasteiger partial charge in [-0.15, -0.1) is 6.42 Å². The van der Waals surface area contributed by atoms with Crippen molar-refractivity contribution in [3.05, 3.63) is 29.8 Å². The van der Waals surface area contributed by atoms with E-state index in [1.54, 1.807) is 0 Å². The third-order valence-corrected chi connectivity index (χ3v) is 3.93. The van der Waals surface area contributed by atoms with Crippen LogP contribution in [0.3, 0.4) is 0 Å². The number of benzene rings is 1. The van der Waals surface area contributed by atoms with E-state index in [4.69, 9.17) is 16.3 Å². The largest absolute Gasteiger partial charge is 0.481 e. The number of amides is 1. The minimum absolute atomic E-state index is 0.0478. The van der Waals surface area contributed by atoms with Crippen LogP contribution in [0, 0.1) is 17.8 Å². The van der Waals surface area contributed by atoms with Crippen LogP contribution < -0.4 is 4.74 Å². The van der Waals surface area contributed by atoms with E-state index in [0.717, 1.165) is 4.90 Å². The van der Waals surface area contributed by atoms with Gasteiger partial charge in [-0.05, 0) is 30.7 Å². The van der Waals surface area contributed by atoms with E-state index >= 15 is 0 Å². The maximum Gasteiger partial charge on any atom is 0.406 e. The molecule has 5 nitrogen and oxygen atoms in total. The smallest absolute Gasteiger partial charge is 0.406 e. The summed E-state index contributed by atoms with van der Waals surface area (Å²) in [7, 11) is 0. The zero-order valence-electron chi connectivity index (χ0n) is 12.5. The molecular formula is C16H14F3NO4.